The largest absolute Gasteiger partial charge is 0.481 e. The average molecular weight is 715 g/mol. The van der Waals surface area contributed by atoms with Crippen molar-refractivity contribution in [2.24, 2.45) is 56.2 Å². The molecule has 4 fully saturated rings. The van der Waals surface area contributed by atoms with Gasteiger partial charge in [0.25, 0.3) is 5.89 Å². The van der Waals surface area contributed by atoms with Gasteiger partial charge in [0.1, 0.15) is 6.10 Å². The van der Waals surface area contributed by atoms with E-state index >= 15 is 0 Å². The number of carboxylic acid groups (broad SMARTS) is 1. The van der Waals surface area contributed by atoms with Crippen LogP contribution < -0.4 is 0 Å². The van der Waals surface area contributed by atoms with Gasteiger partial charge in [-0.3, -0.25) is 14.4 Å². The lowest BCUT2D eigenvalue weighted by atomic mass is 9.33. The highest BCUT2D eigenvalue weighted by molar-refractivity contribution is 6.00. The summed E-state index contributed by atoms with van der Waals surface area (Å²) in [5, 5.41) is 18.4. The van der Waals surface area contributed by atoms with Crippen LogP contribution in [0.1, 0.15) is 132 Å². The number of nitrogens with zero attached hydrogens (tertiary/aromatic N) is 4. The predicted octanol–water partition coefficient (Wildman–Crippen LogP) is 8.46. The molecule has 0 spiro atoms. The molecular weight excluding hydrogens is 656 g/mol. The smallest absolute Gasteiger partial charge is 0.309 e. The van der Waals surface area contributed by atoms with Crippen molar-refractivity contribution in [1.29, 1.82) is 0 Å². The number of ether oxygens (including phenoxy) is 1. The van der Waals surface area contributed by atoms with Gasteiger partial charge in [0.05, 0.1) is 11.8 Å². The summed E-state index contributed by atoms with van der Waals surface area (Å²) in [6, 6.07) is 1.76. The molecule has 282 valence electrons. The lowest BCUT2D eigenvalue weighted by Crippen LogP contribution is -2.65. The van der Waals surface area contributed by atoms with Crippen molar-refractivity contribution in [2.45, 2.75) is 139 Å². The summed E-state index contributed by atoms with van der Waals surface area (Å²) >= 11 is 0. The van der Waals surface area contributed by atoms with Gasteiger partial charge in [-0.05, 0) is 117 Å². The SMILES string of the molecule is CC(C)C1=C2[C@H]3CC[C@@H]4[C@@]5(C)CC[C@H](OC(=O)CC(C)(C)C(=O)O)C(C)(C)[C@@H]5CC[C@@]4(C)[C@]3(C)CC[C@@]2(Cc2nnc(-c3ncccn3)o2)CC1=O. The highest BCUT2D eigenvalue weighted by atomic mass is 16.5. The van der Waals surface area contributed by atoms with Gasteiger partial charge >= 0.3 is 11.9 Å². The van der Waals surface area contributed by atoms with Crippen molar-refractivity contribution in [3.8, 4) is 11.7 Å². The number of esters is 1. The topological polar surface area (TPSA) is 145 Å². The van der Waals surface area contributed by atoms with Crippen LogP contribution >= 0.6 is 0 Å². The number of aliphatic carboxylic acids is 1. The molecule has 52 heavy (non-hydrogen) atoms. The zero-order chi connectivity index (χ0) is 37.6. The molecule has 0 radical (unpaired) electrons. The average Bonchev–Trinajstić information content (AvgIpc) is 3.64. The third-order valence-corrected chi connectivity index (χ3v) is 15.7. The zero-order valence-electron chi connectivity index (χ0n) is 32.7. The van der Waals surface area contributed by atoms with Gasteiger partial charge in [-0.25, -0.2) is 9.97 Å². The normalized spacial score (nSPS) is 36.8. The minimum Gasteiger partial charge on any atom is -0.481 e. The molecule has 0 bridgehead atoms. The Bertz CT molecular complexity index is 1800. The first kappa shape index (κ1) is 36.9. The molecule has 0 saturated heterocycles. The van der Waals surface area contributed by atoms with Crippen LogP contribution in [0.25, 0.3) is 11.7 Å². The molecular formula is C42H58N4O6. The Balaban J connectivity index is 1.18. The van der Waals surface area contributed by atoms with Crippen LogP contribution in [-0.2, 0) is 25.5 Å². The molecule has 2 aromatic heterocycles. The van der Waals surface area contributed by atoms with Gasteiger partial charge in [-0.2, -0.15) is 0 Å². The molecule has 10 nitrogen and oxygen atoms in total. The molecule has 4 saturated carbocycles. The van der Waals surface area contributed by atoms with Crippen LogP contribution in [-0.4, -0.2) is 49.1 Å². The zero-order valence-corrected chi connectivity index (χ0v) is 32.7. The van der Waals surface area contributed by atoms with Crippen molar-refractivity contribution in [3.05, 3.63) is 35.5 Å². The van der Waals surface area contributed by atoms with E-state index in [0.717, 1.165) is 56.9 Å². The lowest BCUT2D eigenvalue weighted by molar-refractivity contribution is -0.233. The van der Waals surface area contributed by atoms with Crippen molar-refractivity contribution < 1.29 is 28.6 Å². The minimum atomic E-state index is -1.16. The Hall–Kier alpha value is -3.43. The number of hydrogen-bond donors (Lipinski definition) is 1. The second kappa shape index (κ2) is 12.3. The summed E-state index contributed by atoms with van der Waals surface area (Å²) in [7, 11) is 0. The summed E-state index contributed by atoms with van der Waals surface area (Å²) in [6.07, 6.45) is 12.0. The fraction of sp³-hybridized carbons (Fsp3) is 0.738. The Morgan fingerprint density at radius 3 is 2.33 bits per heavy atom. The van der Waals surface area contributed by atoms with Crippen molar-refractivity contribution in [1.82, 2.24) is 20.2 Å². The number of rotatable bonds is 8. The van der Waals surface area contributed by atoms with E-state index in [1.807, 2.05) is 0 Å². The Kier molecular flexibility index (Phi) is 8.73. The third-order valence-electron chi connectivity index (χ3n) is 15.7. The number of carbonyl (C=O) groups excluding carboxylic acids is 2. The summed E-state index contributed by atoms with van der Waals surface area (Å²) in [4.78, 5) is 47.5. The van der Waals surface area contributed by atoms with Crippen molar-refractivity contribution in [2.75, 3.05) is 0 Å². The predicted molar refractivity (Wildman–Crippen MR) is 194 cm³/mol. The quantitative estimate of drug-likeness (QED) is 0.264. The van der Waals surface area contributed by atoms with E-state index in [0.29, 0.717) is 48.2 Å². The number of allylic oxidation sites excluding steroid dienone is 2. The summed E-state index contributed by atoms with van der Waals surface area (Å²) in [6.45, 7) is 19.7. The number of aromatic nitrogens is 4. The number of carboxylic acids is 1. The maximum atomic E-state index is 14.1. The van der Waals surface area contributed by atoms with E-state index in [1.165, 1.54) is 5.57 Å². The fourth-order valence-corrected chi connectivity index (χ4v) is 12.9. The van der Waals surface area contributed by atoms with Gasteiger partial charge in [-0.1, -0.05) is 54.0 Å². The Morgan fingerprint density at radius 2 is 1.65 bits per heavy atom. The maximum Gasteiger partial charge on any atom is 0.309 e. The number of Topliss-reactive ketones (excluding diaryl/α,β-unsaturated/α-hetero) is 1. The van der Waals surface area contributed by atoms with E-state index in [2.05, 4.69) is 68.6 Å². The molecule has 5 aliphatic rings. The number of fused-ring (bicyclic) bond motifs is 7. The molecule has 2 aromatic rings. The van der Waals surface area contributed by atoms with Gasteiger partial charge in [-0.15, -0.1) is 10.2 Å². The van der Waals surface area contributed by atoms with Gasteiger partial charge < -0.3 is 14.3 Å². The first-order valence-electron chi connectivity index (χ1n) is 19.6. The Morgan fingerprint density at radius 1 is 0.942 bits per heavy atom. The molecule has 8 atom stereocenters. The summed E-state index contributed by atoms with van der Waals surface area (Å²) in [5.74, 6) is 1.44. The highest BCUT2D eigenvalue weighted by Gasteiger charge is 2.70. The maximum absolute atomic E-state index is 14.1. The van der Waals surface area contributed by atoms with Crippen LogP contribution in [0.3, 0.4) is 0 Å². The second-order valence-electron chi connectivity index (χ2n) is 19.4. The molecule has 0 aliphatic heterocycles. The van der Waals surface area contributed by atoms with Crippen LogP contribution in [0, 0.1) is 56.2 Å². The van der Waals surface area contributed by atoms with Crippen molar-refractivity contribution >= 4 is 17.7 Å². The molecule has 0 aromatic carbocycles. The lowest BCUT2D eigenvalue weighted by Gasteiger charge is -2.72. The van der Waals surface area contributed by atoms with E-state index in [4.69, 9.17) is 9.15 Å². The van der Waals surface area contributed by atoms with Crippen LogP contribution in [0.4, 0.5) is 0 Å². The van der Waals surface area contributed by atoms with E-state index < -0.39 is 17.4 Å². The highest BCUT2D eigenvalue weighted by Crippen LogP contribution is 2.77. The molecule has 0 unspecified atom stereocenters. The molecule has 5 aliphatic carbocycles. The fourth-order valence-electron chi connectivity index (χ4n) is 12.9. The van der Waals surface area contributed by atoms with Crippen LogP contribution in [0.15, 0.2) is 34.0 Å². The van der Waals surface area contributed by atoms with Gasteiger partial charge in [0.15, 0.2) is 5.78 Å². The standard InChI is InChI=1S/C42H58N4O6/c1-24(2)32-26(47)21-42(22-30-45-46-35(52-30)34-43-19-10-20-44-34)18-17-40(8)25(33(32)42)11-12-28-39(7)15-14-29(51-31(48)23-37(3,4)36(49)50)38(5,6)27(39)13-16-41(28,40)9/h10,19-20,24-25,27-29H,11-18,21-23H2,1-9H3,(H,49,50)/t25-,27+,28-,29+,39+,40-,41-,42+/m1/s1. The first-order valence-corrected chi connectivity index (χ1v) is 19.6. The van der Waals surface area contributed by atoms with Gasteiger partial charge in [0, 0.05) is 36.1 Å². The number of ketones is 1. The minimum absolute atomic E-state index is 0.0151. The molecule has 2 heterocycles. The second-order valence-corrected chi connectivity index (χ2v) is 19.4. The molecule has 1 N–H and O–H groups in total. The summed E-state index contributed by atoms with van der Waals surface area (Å²) in [5.41, 5.74) is 0.845. The molecule has 10 heteroatoms. The number of carbonyl (C=O) groups is 3. The van der Waals surface area contributed by atoms with E-state index in [1.54, 1.807) is 32.3 Å². The van der Waals surface area contributed by atoms with E-state index in [-0.39, 0.29) is 51.3 Å². The van der Waals surface area contributed by atoms with E-state index in [9.17, 15) is 19.5 Å². The third kappa shape index (κ3) is 5.42. The van der Waals surface area contributed by atoms with Crippen molar-refractivity contribution in [3.63, 3.8) is 0 Å². The summed E-state index contributed by atoms with van der Waals surface area (Å²) < 4.78 is 12.4. The van der Waals surface area contributed by atoms with Crippen LogP contribution in [0.5, 0.6) is 0 Å². The number of hydrogen-bond acceptors (Lipinski definition) is 9. The van der Waals surface area contributed by atoms with Crippen LogP contribution in [0.2, 0.25) is 0 Å². The molecule has 0 amide bonds. The molecule has 7 rings (SSSR count). The monoisotopic (exact) mass is 714 g/mol. The Labute approximate surface area is 308 Å². The van der Waals surface area contributed by atoms with Gasteiger partial charge in [0.2, 0.25) is 11.7 Å². The first-order chi connectivity index (χ1) is 24.3.